The minimum Gasteiger partial charge on any atom is -0.492 e. The van der Waals surface area contributed by atoms with E-state index in [1.807, 2.05) is 0 Å². The van der Waals surface area contributed by atoms with Crippen LogP contribution in [0, 0.1) is 11.7 Å². The van der Waals surface area contributed by atoms with Crippen molar-refractivity contribution in [2.75, 3.05) is 19.7 Å². The molecule has 0 aliphatic heterocycles. The zero-order valence-corrected chi connectivity index (χ0v) is 12.6. The van der Waals surface area contributed by atoms with Crippen LogP contribution in [-0.4, -0.2) is 19.7 Å². The lowest BCUT2D eigenvalue weighted by atomic mass is 10.1. The maximum atomic E-state index is 13.0. The Balaban J connectivity index is 2.09. The minimum absolute atomic E-state index is 0.269. The smallest absolute Gasteiger partial charge is 0.137 e. The Morgan fingerprint density at radius 3 is 2.78 bits per heavy atom. The van der Waals surface area contributed by atoms with E-state index in [2.05, 4.69) is 35.1 Å². The van der Waals surface area contributed by atoms with Gasteiger partial charge in [-0.3, -0.25) is 0 Å². The van der Waals surface area contributed by atoms with Crippen molar-refractivity contribution in [3.8, 4) is 5.75 Å². The second kappa shape index (κ2) is 8.48. The van der Waals surface area contributed by atoms with Crippen molar-refractivity contribution in [2.45, 2.75) is 26.7 Å². The lowest BCUT2D eigenvalue weighted by Gasteiger charge is -2.09. The summed E-state index contributed by atoms with van der Waals surface area (Å²) in [6, 6.07) is 4.68. The number of rotatable bonds is 8. The molecule has 0 unspecified atom stereocenters. The SMILES string of the molecule is CC(C)CCCNCCOc1ccc(F)c(Br)c1. The second-order valence-corrected chi connectivity index (χ2v) is 5.56. The van der Waals surface area contributed by atoms with Crippen molar-refractivity contribution in [3.63, 3.8) is 0 Å². The summed E-state index contributed by atoms with van der Waals surface area (Å²) in [5, 5.41) is 3.33. The lowest BCUT2D eigenvalue weighted by molar-refractivity contribution is 0.312. The van der Waals surface area contributed by atoms with E-state index in [-0.39, 0.29) is 5.82 Å². The summed E-state index contributed by atoms with van der Waals surface area (Å²) < 4.78 is 18.9. The average Bonchev–Trinajstić information content (AvgIpc) is 2.32. The molecule has 1 aromatic rings. The molecule has 1 rings (SSSR count). The first-order valence-corrected chi connectivity index (χ1v) is 7.17. The van der Waals surface area contributed by atoms with E-state index in [0.29, 0.717) is 16.8 Å². The highest BCUT2D eigenvalue weighted by Gasteiger charge is 2.00. The van der Waals surface area contributed by atoms with E-state index in [1.54, 1.807) is 12.1 Å². The summed E-state index contributed by atoms with van der Waals surface area (Å²) in [7, 11) is 0. The molecule has 0 saturated carbocycles. The normalized spacial score (nSPS) is 10.9. The van der Waals surface area contributed by atoms with E-state index >= 15 is 0 Å². The van der Waals surface area contributed by atoms with Crippen molar-refractivity contribution < 1.29 is 9.13 Å². The summed E-state index contributed by atoms with van der Waals surface area (Å²) in [5.74, 6) is 1.18. The van der Waals surface area contributed by atoms with Gasteiger partial charge in [0.25, 0.3) is 0 Å². The van der Waals surface area contributed by atoms with Crippen LogP contribution in [0.15, 0.2) is 22.7 Å². The first-order valence-electron chi connectivity index (χ1n) is 6.38. The fraction of sp³-hybridized carbons (Fsp3) is 0.571. The largest absolute Gasteiger partial charge is 0.492 e. The fourth-order valence-electron chi connectivity index (χ4n) is 1.57. The molecular formula is C14H21BrFNO. The zero-order chi connectivity index (χ0) is 13.4. The third-order valence-corrected chi connectivity index (χ3v) is 3.18. The Bertz CT molecular complexity index is 358. The van der Waals surface area contributed by atoms with E-state index in [4.69, 9.17) is 4.74 Å². The molecule has 1 aromatic carbocycles. The van der Waals surface area contributed by atoms with Crippen LogP contribution in [0.2, 0.25) is 0 Å². The van der Waals surface area contributed by atoms with Gasteiger partial charge in [-0.2, -0.15) is 0 Å². The number of benzene rings is 1. The van der Waals surface area contributed by atoms with Gasteiger partial charge in [0.15, 0.2) is 0 Å². The van der Waals surface area contributed by atoms with E-state index in [9.17, 15) is 4.39 Å². The Hall–Kier alpha value is -0.610. The van der Waals surface area contributed by atoms with E-state index < -0.39 is 0 Å². The fourth-order valence-corrected chi connectivity index (χ4v) is 1.93. The molecule has 102 valence electrons. The van der Waals surface area contributed by atoms with Crippen LogP contribution in [-0.2, 0) is 0 Å². The third kappa shape index (κ3) is 6.36. The third-order valence-electron chi connectivity index (χ3n) is 2.57. The molecular weight excluding hydrogens is 297 g/mol. The van der Waals surface area contributed by atoms with Gasteiger partial charge in [0.05, 0.1) is 4.47 Å². The molecule has 2 nitrogen and oxygen atoms in total. The quantitative estimate of drug-likeness (QED) is 0.732. The summed E-state index contributed by atoms with van der Waals surface area (Å²) in [4.78, 5) is 0. The van der Waals surface area contributed by atoms with Crippen LogP contribution in [0.4, 0.5) is 4.39 Å². The topological polar surface area (TPSA) is 21.3 Å². The molecule has 0 aromatic heterocycles. The Labute approximate surface area is 117 Å². The Kier molecular flexibility index (Phi) is 7.28. The average molecular weight is 318 g/mol. The Morgan fingerprint density at radius 1 is 1.33 bits per heavy atom. The predicted molar refractivity (Wildman–Crippen MR) is 76.5 cm³/mol. The van der Waals surface area contributed by atoms with Crippen molar-refractivity contribution >= 4 is 15.9 Å². The number of nitrogens with one attached hydrogen (secondary N) is 1. The number of halogens is 2. The molecule has 1 N–H and O–H groups in total. The van der Waals surface area contributed by atoms with Gasteiger partial charge in [0, 0.05) is 6.54 Å². The number of hydrogen-bond donors (Lipinski definition) is 1. The first-order chi connectivity index (χ1) is 8.59. The molecule has 0 amide bonds. The maximum Gasteiger partial charge on any atom is 0.137 e. The minimum atomic E-state index is -0.269. The zero-order valence-electron chi connectivity index (χ0n) is 11.0. The van der Waals surface area contributed by atoms with Crippen LogP contribution < -0.4 is 10.1 Å². The van der Waals surface area contributed by atoms with Gasteiger partial charge in [-0.15, -0.1) is 0 Å². The molecule has 0 aliphatic rings. The standard InChI is InChI=1S/C14H21BrFNO/c1-11(2)4-3-7-17-8-9-18-12-5-6-14(16)13(15)10-12/h5-6,10-11,17H,3-4,7-9H2,1-2H3. The molecule has 0 aliphatic carbocycles. The molecule has 4 heteroatoms. The van der Waals surface area contributed by atoms with Crippen LogP contribution in [0.5, 0.6) is 5.75 Å². The summed E-state index contributed by atoms with van der Waals surface area (Å²) in [6.45, 7) is 6.90. The molecule has 0 fully saturated rings. The highest BCUT2D eigenvalue weighted by Crippen LogP contribution is 2.21. The van der Waals surface area contributed by atoms with Crippen molar-refractivity contribution in [1.29, 1.82) is 0 Å². The molecule has 0 radical (unpaired) electrons. The van der Waals surface area contributed by atoms with Crippen LogP contribution in [0.25, 0.3) is 0 Å². The second-order valence-electron chi connectivity index (χ2n) is 4.71. The molecule has 0 saturated heterocycles. The Morgan fingerprint density at radius 2 is 2.11 bits per heavy atom. The lowest BCUT2D eigenvalue weighted by Crippen LogP contribution is -2.22. The summed E-state index contributed by atoms with van der Waals surface area (Å²) in [5.41, 5.74) is 0. The van der Waals surface area contributed by atoms with Crippen molar-refractivity contribution in [3.05, 3.63) is 28.5 Å². The molecule has 0 spiro atoms. The molecule has 0 atom stereocenters. The van der Waals surface area contributed by atoms with Crippen LogP contribution in [0.3, 0.4) is 0 Å². The first kappa shape index (κ1) is 15.4. The number of ether oxygens (including phenoxy) is 1. The highest BCUT2D eigenvalue weighted by atomic mass is 79.9. The van der Waals surface area contributed by atoms with Gasteiger partial charge in [-0.1, -0.05) is 13.8 Å². The van der Waals surface area contributed by atoms with Crippen molar-refractivity contribution in [2.24, 2.45) is 5.92 Å². The molecule has 18 heavy (non-hydrogen) atoms. The van der Waals surface area contributed by atoms with Crippen LogP contribution in [0.1, 0.15) is 26.7 Å². The maximum absolute atomic E-state index is 13.0. The monoisotopic (exact) mass is 317 g/mol. The van der Waals surface area contributed by atoms with Crippen molar-refractivity contribution in [1.82, 2.24) is 5.32 Å². The van der Waals surface area contributed by atoms with E-state index in [0.717, 1.165) is 19.0 Å². The van der Waals surface area contributed by atoms with E-state index in [1.165, 1.54) is 18.9 Å². The van der Waals surface area contributed by atoms with Gasteiger partial charge >= 0.3 is 0 Å². The van der Waals surface area contributed by atoms with Gasteiger partial charge < -0.3 is 10.1 Å². The van der Waals surface area contributed by atoms with Gasteiger partial charge in [-0.05, 0) is 59.4 Å². The van der Waals surface area contributed by atoms with Gasteiger partial charge in [0.2, 0.25) is 0 Å². The highest BCUT2D eigenvalue weighted by molar-refractivity contribution is 9.10. The predicted octanol–water partition coefficient (Wildman–Crippen LogP) is 3.99. The molecule has 0 bridgehead atoms. The van der Waals surface area contributed by atoms with Gasteiger partial charge in [0.1, 0.15) is 18.2 Å². The summed E-state index contributed by atoms with van der Waals surface area (Å²) >= 11 is 3.13. The van der Waals surface area contributed by atoms with Crippen LogP contribution >= 0.6 is 15.9 Å². The summed E-state index contributed by atoms with van der Waals surface area (Å²) in [6.07, 6.45) is 2.44. The number of hydrogen-bond acceptors (Lipinski definition) is 2. The molecule has 0 heterocycles. The van der Waals surface area contributed by atoms with Gasteiger partial charge in [-0.25, -0.2) is 4.39 Å².